The number of rotatable bonds is 0. The van der Waals surface area contributed by atoms with Crippen molar-refractivity contribution in [2.75, 3.05) is 0 Å². The number of aliphatic hydroxyl groups is 2. The van der Waals surface area contributed by atoms with Crippen LogP contribution in [0, 0.1) is 44.3 Å². The van der Waals surface area contributed by atoms with Gasteiger partial charge in [0.2, 0.25) is 0 Å². The van der Waals surface area contributed by atoms with E-state index in [-0.39, 0.29) is 50.8 Å². The Morgan fingerprint density at radius 3 is 2.26 bits per heavy atom. The predicted molar refractivity (Wildman–Crippen MR) is 132 cm³/mol. The zero-order chi connectivity index (χ0) is 25.6. The standard InChI is InChI=1S/C30H44O5/c1-24(2)18-8-11-29(7)22(26(18,4)10-9-20(24)32)17(31)14-19-28(29,6)13-12-25(3)15-21(33)27(5)16-30(19,25)35-23(27)34/h14,18,20-22,32-33H,8-13,15-16H2,1-7H3. The van der Waals surface area contributed by atoms with Gasteiger partial charge < -0.3 is 14.9 Å². The molecule has 1 aliphatic heterocycles. The van der Waals surface area contributed by atoms with Crippen LogP contribution in [0.1, 0.15) is 99.8 Å². The molecule has 0 aromatic carbocycles. The lowest BCUT2D eigenvalue weighted by atomic mass is 9.33. The molecule has 5 heteroatoms. The van der Waals surface area contributed by atoms with Gasteiger partial charge in [0.25, 0.3) is 0 Å². The number of allylic oxidation sites excluding steroid dienone is 1. The van der Waals surface area contributed by atoms with E-state index in [1.54, 1.807) is 0 Å². The molecule has 0 radical (unpaired) electrons. The summed E-state index contributed by atoms with van der Waals surface area (Å²) in [6.45, 7) is 15.4. The van der Waals surface area contributed by atoms with Gasteiger partial charge in [0.05, 0.1) is 17.6 Å². The number of hydrogen-bond acceptors (Lipinski definition) is 5. The second kappa shape index (κ2) is 6.43. The minimum absolute atomic E-state index is 0.104. The van der Waals surface area contributed by atoms with Crippen molar-refractivity contribution in [1.29, 1.82) is 0 Å². The first-order valence-electron chi connectivity index (χ1n) is 13.9. The van der Waals surface area contributed by atoms with Crippen molar-refractivity contribution >= 4 is 11.8 Å². The summed E-state index contributed by atoms with van der Waals surface area (Å²) >= 11 is 0. The van der Waals surface area contributed by atoms with Crippen LogP contribution in [0.4, 0.5) is 0 Å². The van der Waals surface area contributed by atoms with Gasteiger partial charge in [-0.2, -0.15) is 0 Å². The maximum Gasteiger partial charge on any atom is 0.315 e. The molecule has 6 aliphatic rings. The number of aliphatic hydroxyl groups excluding tert-OH is 2. The quantitative estimate of drug-likeness (QED) is 0.474. The van der Waals surface area contributed by atoms with Gasteiger partial charge >= 0.3 is 5.97 Å². The van der Waals surface area contributed by atoms with Crippen LogP contribution in [-0.4, -0.2) is 39.8 Å². The van der Waals surface area contributed by atoms with Crippen molar-refractivity contribution in [2.45, 2.75) is 118 Å². The fourth-order valence-electron chi connectivity index (χ4n) is 11.0. The van der Waals surface area contributed by atoms with Crippen LogP contribution < -0.4 is 0 Å². The van der Waals surface area contributed by atoms with Gasteiger partial charge in [-0.05, 0) is 91.1 Å². The van der Waals surface area contributed by atoms with Crippen LogP contribution in [0.3, 0.4) is 0 Å². The molecule has 10 atom stereocenters. The predicted octanol–water partition coefficient (Wildman–Crippen LogP) is 4.98. The first kappa shape index (κ1) is 24.2. The molecule has 194 valence electrons. The Labute approximate surface area is 210 Å². The summed E-state index contributed by atoms with van der Waals surface area (Å²) in [5.41, 5.74) is -1.94. The van der Waals surface area contributed by atoms with E-state index in [2.05, 4.69) is 41.5 Å². The lowest BCUT2D eigenvalue weighted by molar-refractivity contribution is -0.214. The minimum atomic E-state index is -0.910. The summed E-state index contributed by atoms with van der Waals surface area (Å²) < 4.78 is 6.39. The molecule has 5 nitrogen and oxygen atoms in total. The lowest BCUT2D eigenvalue weighted by Gasteiger charge is -2.71. The van der Waals surface area contributed by atoms with E-state index in [0.29, 0.717) is 18.8 Å². The van der Waals surface area contributed by atoms with Crippen LogP contribution in [0.15, 0.2) is 11.6 Å². The molecular weight excluding hydrogens is 440 g/mol. The number of fused-ring (bicyclic) bond motifs is 6. The highest BCUT2D eigenvalue weighted by molar-refractivity contribution is 5.96. The molecule has 0 aromatic heterocycles. The second-order valence-corrected chi connectivity index (χ2v) is 15.2. The molecule has 1 saturated heterocycles. The van der Waals surface area contributed by atoms with E-state index >= 15 is 0 Å². The van der Waals surface area contributed by atoms with Crippen LogP contribution in [-0.2, 0) is 14.3 Å². The van der Waals surface area contributed by atoms with Gasteiger partial charge in [-0.1, -0.05) is 41.5 Å². The third kappa shape index (κ3) is 2.40. The Kier molecular flexibility index (Phi) is 4.44. The molecule has 4 saturated carbocycles. The maximum atomic E-state index is 14.3. The maximum absolute atomic E-state index is 14.3. The van der Waals surface area contributed by atoms with Crippen LogP contribution in [0.5, 0.6) is 0 Å². The van der Waals surface area contributed by atoms with Crippen molar-refractivity contribution in [2.24, 2.45) is 44.3 Å². The molecule has 10 unspecified atom stereocenters. The monoisotopic (exact) mass is 484 g/mol. The molecule has 2 bridgehead atoms. The number of carbonyl (C=O) groups is 2. The Morgan fingerprint density at radius 2 is 1.57 bits per heavy atom. The summed E-state index contributed by atoms with van der Waals surface area (Å²) in [5, 5.41) is 21.9. The van der Waals surface area contributed by atoms with Crippen LogP contribution in [0.25, 0.3) is 0 Å². The minimum Gasteiger partial charge on any atom is -0.453 e. The molecule has 5 aliphatic carbocycles. The summed E-state index contributed by atoms with van der Waals surface area (Å²) in [6.07, 6.45) is 7.22. The zero-order valence-corrected chi connectivity index (χ0v) is 22.7. The normalized spacial score (nSPS) is 58.4. The first-order valence-corrected chi connectivity index (χ1v) is 13.9. The fraction of sp³-hybridized carbons (Fsp3) is 0.867. The molecule has 1 heterocycles. The number of ketones is 1. The van der Waals surface area contributed by atoms with Crippen molar-refractivity contribution in [1.82, 2.24) is 0 Å². The molecule has 0 aromatic rings. The third-order valence-electron chi connectivity index (χ3n) is 13.5. The van der Waals surface area contributed by atoms with E-state index in [9.17, 15) is 19.8 Å². The average Bonchev–Trinajstić information content (AvgIpc) is 3.01. The van der Waals surface area contributed by atoms with Gasteiger partial charge in [-0.25, -0.2) is 0 Å². The van der Waals surface area contributed by atoms with E-state index in [1.807, 2.05) is 13.0 Å². The summed E-state index contributed by atoms with van der Waals surface area (Å²) in [7, 11) is 0. The Hall–Kier alpha value is -1.20. The largest absolute Gasteiger partial charge is 0.453 e. The van der Waals surface area contributed by atoms with Crippen molar-refractivity contribution < 1.29 is 24.5 Å². The molecule has 1 spiro atoms. The highest BCUT2D eigenvalue weighted by Crippen LogP contribution is 2.77. The van der Waals surface area contributed by atoms with Gasteiger partial charge in [0.15, 0.2) is 5.78 Å². The van der Waals surface area contributed by atoms with Crippen molar-refractivity contribution in [3.63, 3.8) is 0 Å². The van der Waals surface area contributed by atoms with E-state index in [1.165, 1.54) is 0 Å². The second-order valence-electron chi connectivity index (χ2n) is 15.2. The Balaban J connectivity index is 1.53. The molecular formula is C30H44O5. The highest BCUT2D eigenvalue weighted by Gasteiger charge is 2.78. The SMILES string of the molecule is CC12CC3(OC1=O)C1=CC(=O)C4C5(C)CCC(O)C(C)(C)C5CCC4(C)C1(C)CCC3(C)CC2O. The smallest absolute Gasteiger partial charge is 0.315 e. The molecule has 6 rings (SSSR count). The zero-order valence-electron chi connectivity index (χ0n) is 22.7. The highest BCUT2D eigenvalue weighted by atomic mass is 16.6. The summed E-state index contributed by atoms with van der Waals surface area (Å²) in [4.78, 5) is 27.6. The number of esters is 1. The number of hydrogen-bond donors (Lipinski definition) is 2. The van der Waals surface area contributed by atoms with E-state index in [4.69, 9.17) is 4.74 Å². The van der Waals surface area contributed by atoms with Gasteiger partial charge in [0.1, 0.15) is 5.60 Å². The fourth-order valence-corrected chi connectivity index (χ4v) is 11.0. The van der Waals surface area contributed by atoms with Gasteiger partial charge in [-0.15, -0.1) is 0 Å². The lowest BCUT2D eigenvalue weighted by Crippen LogP contribution is -2.69. The summed E-state index contributed by atoms with van der Waals surface area (Å²) in [6, 6.07) is 0. The van der Waals surface area contributed by atoms with Crippen molar-refractivity contribution in [3.05, 3.63) is 11.6 Å². The van der Waals surface area contributed by atoms with Crippen molar-refractivity contribution in [3.8, 4) is 0 Å². The summed E-state index contributed by atoms with van der Waals surface area (Å²) in [5.74, 6) is 0.0718. The molecule has 5 fully saturated rings. The average molecular weight is 485 g/mol. The topological polar surface area (TPSA) is 83.8 Å². The number of carbonyl (C=O) groups excluding carboxylic acids is 2. The Bertz CT molecular complexity index is 1060. The van der Waals surface area contributed by atoms with Gasteiger partial charge in [-0.3, -0.25) is 9.59 Å². The molecule has 0 amide bonds. The number of ether oxygens (including phenoxy) is 1. The van der Waals surface area contributed by atoms with E-state index in [0.717, 1.165) is 44.1 Å². The van der Waals surface area contributed by atoms with Crippen LogP contribution in [0.2, 0.25) is 0 Å². The van der Waals surface area contributed by atoms with Gasteiger partial charge in [0, 0.05) is 17.8 Å². The van der Waals surface area contributed by atoms with Crippen LogP contribution >= 0.6 is 0 Å². The third-order valence-corrected chi connectivity index (χ3v) is 13.5. The molecule has 35 heavy (non-hydrogen) atoms. The van der Waals surface area contributed by atoms with E-state index < -0.39 is 17.1 Å². The molecule has 2 N–H and O–H groups in total. The Morgan fingerprint density at radius 1 is 0.886 bits per heavy atom. The first-order chi connectivity index (χ1) is 16.0.